The lowest BCUT2D eigenvalue weighted by molar-refractivity contribution is -0.137. The van der Waals surface area contributed by atoms with Gasteiger partial charge < -0.3 is 20.3 Å². The summed E-state index contributed by atoms with van der Waals surface area (Å²) in [6, 6.07) is 3.81. The molecule has 3 heterocycles. The average Bonchev–Trinajstić information content (AvgIpc) is 3.26. The normalized spacial score (nSPS) is 16.0. The Labute approximate surface area is 228 Å². The molecule has 1 atom stereocenters. The van der Waals surface area contributed by atoms with Gasteiger partial charge in [-0.2, -0.15) is 28.4 Å². The third-order valence-corrected chi connectivity index (χ3v) is 8.09. The van der Waals surface area contributed by atoms with Crippen LogP contribution in [0.4, 0.5) is 32.8 Å². The molecular formula is C26H21F5N6O2S. The molecule has 14 heteroatoms. The van der Waals surface area contributed by atoms with Crippen LogP contribution in [0.15, 0.2) is 18.2 Å². The van der Waals surface area contributed by atoms with Gasteiger partial charge in [-0.1, -0.05) is 6.07 Å². The van der Waals surface area contributed by atoms with Gasteiger partial charge in [-0.15, -0.1) is 11.3 Å². The minimum atomic E-state index is -5.06. The van der Waals surface area contributed by atoms with Crippen molar-refractivity contribution in [1.82, 2.24) is 14.9 Å². The molecule has 0 bridgehead atoms. The van der Waals surface area contributed by atoms with Gasteiger partial charge in [-0.3, -0.25) is 4.79 Å². The van der Waals surface area contributed by atoms with Gasteiger partial charge in [0.2, 0.25) is 5.91 Å². The minimum absolute atomic E-state index is 0.0210. The van der Waals surface area contributed by atoms with E-state index in [1.807, 2.05) is 0 Å². The number of rotatable bonds is 4. The molecule has 0 spiro atoms. The standard InChI is InChI=1S/C26H21F5N6O2S/c1-36-10-11(4-7-17(36)38)37(2)24-13-8-15(26(29,30)31)19(20(28)21(13)34-25(35-24)39-3)12-5-6-16(27)22-18(12)14(9-32)23(33)40-22/h5-6,8,11H,4,7,10,33H2,1-3H3. The Morgan fingerprint density at radius 2 is 2.00 bits per heavy atom. The summed E-state index contributed by atoms with van der Waals surface area (Å²) < 4.78 is 79.8. The largest absolute Gasteiger partial charge is 0.467 e. The topological polar surface area (TPSA) is 108 Å². The number of carbonyl (C=O) groups excluding carboxylic acids is 1. The number of ether oxygens (including phenoxy) is 1. The molecule has 0 saturated carbocycles. The number of alkyl halides is 3. The zero-order chi connectivity index (χ0) is 29.1. The number of anilines is 2. The molecule has 2 aromatic heterocycles. The zero-order valence-electron chi connectivity index (χ0n) is 21.4. The summed E-state index contributed by atoms with van der Waals surface area (Å²) in [6.45, 7) is 0.278. The first-order valence-corrected chi connectivity index (χ1v) is 12.7. The van der Waals surface area contributed by atoms with Crippen LogP contribution in [0.25, 0.3) is 32.1 Å². The predicted octanol–water partition coefficient (Wildman–Crippen LogP) is 5.33. The predicted molar refractivity (Wildman–Crippen MR) is 140 cm³/mol. The van der Waals surface area contributed by atoms with E-state index in [1.165, 1.54) is 12.0 Å². The number of piperidine rings is 1. The van der Waals surface area contributed by atoms with Crippen molar-refractivity contribution in [2.24, 2.45) is 0 Å². The first kappa shape index (κ1) is 27.3. The van der Waals surface area contributed by atoms with Crippen LogP contribution in [-0.2, 0) is 11.0 Å². The van der Waals surface area contributed by atoms with Crippen molar-refractivity contribution in [2.75, 3.05) is 38.4 Å². The van der Waals surface area contributed by atoms with Crippen LogP contribution < -0.4 is 15.4 Å². The lowest BCUT2D eigenvalue weighted by atomic mass is 9.92. The van der Waals surface area contributed by atoms with Crippen LogP contribution in [0.2, 0.25) is 0 Å². The van der Waals surface area contributed by atoms with E-state index in [0.29, 0.717) is 17.8 Å². The zero-order valence-corrected chi connectivity index (χ0v) is 22.2. The Balaban J connectivity index is 1.84. The summed E-state index contributed by atoms with van der Waals surface area (Å²) in [6.07, 6.45) is -4.43. The number of nitrogens with zero attached hydrogens (tertiary/aromatic N) is 5. The quantitative estimate of drug-likeness (QED) is 0.327. The van der Waals surface area contributed by atoms with Gasteiger partial charge >= 0.3 is 12.2 Å². The summed E-state index contributed by atoms with van der Waals surface area (Å²) in [4.78, 5) is 23.3. The van der Waals surface area contributed by atoms with Gasteiger partial charge in [0.15, 0.2) is 5.82 Å². The highest BCUT2D eigenvalue weighted by Gasteiger charge is 2.39. The number of likely N-dealkylation sites (tertiary alicyclic amines) is 1. The Hall–Kier alpha value is -4.25. The van der Waals surface area contributed by atoms with Crippen LogP contribution in [0, 0.1) is 23.0 Å². The second kappa shape index (κ2) is 9.74. The number of aromatic nitrogens is 2. The van der Waals surface area contributed by atoms with E-state index in [2.05, 4.69) is 9.97 Å². The van der Waals surface area contributed by atoms with Crippen molar-refractivity contribution in [3.8, 4) is 23.2 Å². The SMILES string of the molecule is COc1nc(N(C)C2CCC(=O)N(C)C2)c2cc(C(F)(F)F)c(-c3ccc(F)c4sc(N)c(C#N)c34)c(F)c2n1. The number of thiophene rings is 1. The first-order valence-electron chi connectivity index (χ1n) is 11.9. The van der Waals surface area contributed by atoms with Gasteiger partial charge in [0.05, 0.1) is 22.9 Å². The molecule has 1 aliphatic heterocycles. The van der Waals surface area contributed by atoms with E-state index in [4.69, 9.17) is 10.5 Å². The maximum atomic E-state index is 16.4. The number of hydrogen-bond donors (Lipinski definition) is 1. The summed E-state index contributed by atoms with van der Waals surface area (Å²) in [5.41, 5.74) is 2.52. The van der Waals surface area contributed by atoms with Crippen molar-refractivity contribution >= 4 is 49.1 Å². The van der Waals surface area contributed by atoms with Crippen molar-refractivity contribution in [1.29, 1.82) is 5.26 Å². The Morgan fingerprint density at radius 3 is 2.62 bits per heavy atom. The summed E-state index contributed by atoms with van der Waals surface area (Å²) in [7, 11) is 4.44. The molecule has 1 unspecified atom stereocenters. The van der Waals surface area contributed by atoms with E-state index in [-0.39, 0.29) is 68.3 Å². The third-order valence-electron chi connectivity index (χ3n) is 7.06. The number of nitrogens with two attached hydrogens (primary N) is 1. The van der Waals surface area contributed by atoms with E-state index >= 15 is 4.39 Å². The molecule has 0 aliphatic carbocycles. The highest BCUT2D eigenvalue weighted by Crippen LogP contribution is 2.48. The average molecular weight is 577 g/mol. The third kappa shape index (κ3) is 4.30. The number of nitriles is 1. The summed E-state index contributed by atoms with van der Waals surface area (Å²) >= 11 is 0.687. The van der Waals surface area contributed by atoms with Crippen LogP contribution in [0.5, 0.6) is 6.01 Å². The Kier molecular flexibility index (Phi) is 6.65. The molecule has 1 saturated heterocycles. The monoisotopic (exact) mass is 576 g/mol. The Morgan fingerprint density at radius 1 is 1.27 bits per heavy atom. The molecule has 2 aromatic carbocycles. The molecule has 4 aromatic rings. The second-order valence-corrected chi connectivity index (χ2v) is 10.4. The van der Waals surface area contributed by atoms with Crippen LogP contribution in [0.3, 0.4) is 0 Å². The number of carbonyl (C=O) groups is 1. The maximum absolute atomic E-state index is 16.4. The second-order valence-electron chi connectivity index (χ2n) is 9.37. The maximum Gasteiger partial charge on any atom is 0.417 e. The fraction of sp³-hybridized carbons (Fsp3) is 0.308. The van der Waals surface area contributed by atoms with Crippen molar-refractivity contribution in [3.63, 3.8) is 0 Å². The summed E-state index contributed by atoms with van der Waals surface area (Å²) in [5, 5.41) is 9.07. The molecule has 0 radical (unpaired) electrons. The van der Waals surface area contributed by atoms with Gasteiger partial charge in [0.25, 0.3) is 0 Å². The number of hydrogen-bond acceptors (Lipinski definition) is 8. The number of amides is 1. The van der Waals surface area contributed by atoms with Gasteiger partial charge in [0.1, 0.15) is 28.2 Å². The van der Waals surface area contributed by atoms with E-state index in [9.17, 15) is 27.6 Å². The van der Waals surface area contributed by atoms with Gasteiger partial charge in [-0.25, -0.2) is 8.78 Å². The number of halogens is 5. The fourth-order valence-corrected chi connectivity index (χ4v) is 5.98. The summed E-state index contributed by atoms with van der Waals surface area (Å²) in [5.74, 6) is -2.25. The molecule has 1 fully saturated rings. The molecular weight excluding hydrogens is 555 g/mol. The van der Waals surface area contributed by atoms with Gasteiger partial charge in [0, 0.05) is 49.4 Å². The lowest BCUT2D eigenvalue weighted by Crippen LogP contribution is -2.47. The van der Waals surface area contributed by atoms with Crippen LogP contribution >= 0.6 is 11.3 Å². The molecule has 5 rings (SSSR count). The fourth-order valence-electron chi connectivity index (χ4n) is 5.03. The number of nitrogen functional groups attached to an aromatic ring is 1. The molecule has 1 aliphatic rings. The molecule has 40 heavy (non-hydrogen) atoms. The van der Waals surface area contributed by atoms with E-state index in [0.717, 1.165) is 18.2 Å². The van der Waals surface area contributed by atoms with Crippen LogP contribution in [0.1, 0.15) is 24.0 Å². The highest BCUT2D eigenvalue weighted by molar-refractivity contribution is 7.23. The number of methoxy groups -OCH3 is 1. The smallest absolute Gasteiger partial charge is 0.417 e. The lowest BCUT2D eigenvalue weighted by Gasteiger charge is -2.36. The minimum Gasteiger partial charge on any atom is -0.467 e. The molecule has 8 nitrogen and oxygen atoms in total. The van der Waals surface area contributed by atoms with E-state index < -0.39 is 34.5 Å². The molecule has 208 valence electrons. The van der Waals surface area contributed by atoms with Crippen LogP contribution in [-0.4, -0.2) is 54.6 Å². The number of benzene rings is 2. The van der Waals surface area contributed by atoms with Crippen molar-refractivity contribution < 1.29 is 31.5 Å². The number of likely N-dealkylation sites (N-methyl/N-ethyl adjacent to an activating group) is 2. The van der Waals surface area contributed by atoms with Gasteiger partial charge in [-0.05, 0) is 24.1 Å². The highest BCUT2D eigenvalue weighted by atomic mass is 32.1. The molecule has 1 amide bonds. The van der Waals surface area contributed by atoms with Crippen molar-refractivity contribution in [3.05, 3.63) is 41.0 Å². The van der Waals surface area contributed by atoms with E-state index in [1.54, 1.807) is 25.1 Å². The number of fused-ring (bicyclic) bond motifs is 2. The Bertz CT molecular complexity index is 1730. The first-order chi connectivity index (χ1) is 18.9. The molecule has 2 N–H and O–H groups in total. The van der Waals surface area contributed by atoms with Crippen molar-refractivity contribution in [2.45, 2.75) is 25.1 Å².